The molecule has 1 aromatic rings. The van der Waals surface area contributed by atoms with Crippen molar-refractivity contribution in [1.29, 1.82) is 0 Å². The number of amides is 2. The van der Waals surface area contributed by atoms with Crippen molar-refractivity contribution in [3.63, 3.8) is 0 Å². The summed E-state index contributed by atoms with van der Waals surface area (Å²) in [6.07, 6.45) is 0. The van der Waals surface area contributed by atoms with Gasteiger partial charge in [-0.15, -0.1) is 0 Å². The van der Waals surface area contributed by atoms with Gasteiger partial charge in [0.1, 0.15) is 6.73 Å². The second kappa shape index (κ2) is 3.06. The fraction of sp³-hybridized carbons (Fsp3) is 0.222. The van der Waals surface area contributed by atoms with E-state index in [1.54, 1.807) is 0 Å². The summed E-state index contributed by atoms with van der Waals surface area (Å²) < 4.78 is 0. The average Bonchev–Trinajstić information content (AvgIpc) is 2.18. The van der Waals surface area contributed by atoms with Crippen LogP contribution in [0.4, 0.5) is 10.5 Å². The molecular formula is C9H10N2O2. The quantitative estimate of drug-likeness (QED) is 0.664. The van der Waals surface area contributed by atoms with E-state index < -0.39 is 0 Å². The third-order valence-electron chi connectivity index (χ3n) is 2.10. The highest BCUT2D eigenvalue weighted by Crippen LogP contribution is 2.22. The van der Waals surface area contributed by atoms with Gasteiger partial charge < -0.3 is 10.4 Å². The van der Waals surface area contributed by atoms with Crippen LogP contribution < -0.4 is 10.2 Å². The minimum absolute atomic E-state index is 0.249. The van der Waals surface area contributed by atoms with E-state index >= 15 is 0 Å². The second-order valence-electron chi connectivity index (χ2n) is 2.86. The molecule has 0 aromatic heterocycles. The number of hydrogen-bond acceptors (Lipinski definition) is 2. The summed E-state index contributed by atoms with van der Waals surface area (Å²) in [5, 5.41) is 11.6. The molecule has 13 heavy (non-hydrogen) atoms. The van der Waals surface area contributed by atoms with E-state index in [0.29, 0.717) is 6.54 Å². The van der Waals surface area contributed by atoms with E-state index in [4.69, 9.17) is 5.11 Å². The third kappa shape index (κ3) is 1.25. The van der Waals surface area contributed by atoms with E-state index in [9.17, 15) is 4.79 Å². The molecule has 0 unspecified atom stereocenters. The van der Waals surface area contributed by atoms with Crippen LogP contribution in [0.3, 0.4) is 0 Å². The lowest BCUT2D eigenvalue weighted by molar-refractivity contribution is 0.229. The molecule has 4 nitrogen and oxygen atoms in total. The number of nitrogens with one attached hydrogen (secondary N) is 1. The molecule has 0 atom stereocenters. The lowest BCUT2D eigenvalue weighted by atomic mass is 10.1. The molecule has 2 N–H and O–H groups in total. The summed E-state index contributed by atoms with van der Waals surface area (Å²) in [6.45, 7) is 0.244. The molecule has 0 saturated carbocycles. The topological polar surface area (TPSA) is 52.6 Å². The number of aliphatic hydroxyl groups is 1. The number of hydrogen-bond donors (Lipinski definition) is 2. The first kappa shape index (κ1) is 8.07. The Hall–Kier alpha value is -1.55. The standard InChI is InChI=1S/C9H10N2O2/c12-6-11-8-4-2-1-3-7(8)5-10-9(11)13/h1-4,12H,5-6H2,(H,10,13). The highest BCUT2D eigenvalue weighted by molar-refractivity contribution is 5.94. The van der Waals surface area contributed by atoms with Crippen molar-refractivity contribution >= 4 is 11.7 Å². The smallest absolute Gasteiger partial charge is 0.324 e. The Labute approximate surface area is 75.8 Å². The molecule has 2 rings (SSSR count). The third-order valence-corrected chi connectivity index (χ3v) is 2.10. The van der Waals surface area contributed by atoms with Crippen molar-refractivity contribution in [2.24, 2.45) is 0 Å². The number of anilines is 1. The monoisotopic (exact) mass is 178 g/mol. The lowest BCUT2D eigenvalue weighted by Crippen LogP contribution is -2.44. The Morgan fingerprint density at radius 1 is 1.46 bits per heavy atom. The van der Waals surface area contributed by atoms with Crippen LogP contribution in [-0.4, -0.2) is 17.9 Å². The normalized spacial score (nSPS) is 15.2. The first-order valence-electron chi connectivity index (χ1n) is 4.07. The molecule has 0 radical (unpaired) electrons. The molecule has 4 heteroatoms. The molecule has 2 amide bonds. The van der Waals surface area contributed by atoms with Crippen LogP contribution in [0, 0.1) is 0 Å². The lowest BCUT2D eigenvalue weighted by Gasteiger charge is -2.27. The van der Waals surface area contributed by atoms with E-state index in [0.717, 1.165) is 11.3 Å². The maximum absolute atomic E-state index is 11.2. The van der Waals surface area contributed by atoms with Gasteiger partial charge in [-0.25, -0.2) is 4.79 Å². The number of rotatable bonds is 1. The van der Waals surface area contributed by atoms with Crippen LogP contribution in [0.25, 0.3) is 0 Å². The highest BCUT2D eigenvalue weighted by atomic mass is 16.3. The van der Waals surface area contributed by atoms with Gasteiger partial charge in [0.05, 0.1) is 5.69 Å². The van der Waals surface area contributed by atoms with Gasteiger partial charge in [-0.05, 0) is 11.6 Å². The zero-order valence-electron chi connectivity index (χ0n) is 7.03. The van der Waals surface area contributed by atoms with Gasteiger partial charge >= 0.3 is 6.03 Å². The molecule has 0 saturated heterocycles. The number of nitrogens with zero attached hydrogens (tertiary/aromatic N) is 1. The molecule has 1 aliphatic heterocycles. The van der Waals surface area contributed by atoms with Gasteiger partial charge in [-0.1, -0.05) is 18.2 Å². The summed E-state index contributed by atoms with van der Waals surface area (Å²) in [7, 11) is 0. The fourth-order valence-corrected chi connectivity index (χ4v) is 1.44. The van der Waals surface area contributed by atoms with E-state index in [1.807, 2.05) is 24.3 Å². The summed E-state index contributed by atoms with van der Waals surface area (Å²) in [6, 6.07) is 7.26. The maximum Gasteiger partial charge on any atom is 0.324 e. The van der Waals surface area contributed by atoms with Crippen molar-refractivity contribution in [3.8, 4) is 0 Å². The summed E-state index contributed by atoms with van der Waals surface area (Å²) >= 11 is 0. The Kier molecular flexibility index (Phi) is 1.90. The summed E-state index contributed by atoms with van der Waals surface area (Å²) in [5.74, 6) is 0. The number of para-hydroxylation sites is 1. The largest absolute Gasteiger partial charge is 0.376 e. The number of aliphatic hydroxyl groups excluding tert-OH is 1. The van der Waals surface area contributed by atoms with Crippen LogP contribution >= 0.6 is 0 Å². The van der Waals surface area contributed by atoms with Crippen molar-refractivity contribution < 1.29 is 9.90 Å². The zero-order valence-corrected chi connectivity index (χ0v) is 7.03. The molecular weight excluding hydrogens is 168 g/mol. The summed E-state index contributed by atoms with van der Waals surface area (Å²) in [5.41, 5.74) is 1.81. The Balaban J connectivity index is 2.45. The molecule has 1 aliphatic rings. The van der Waals surface area contributed by atoms with E-state index in [2.05, 4.69) is 5.32 Å². The maximum atomic E-state index is 11.2. The number of fused-ring (bicyclic) bond motifs is 1. The van der Waals surface area contributed by atoms with Gasteiger partial charge in [-0.2, -0.15) is 0 Å². The Morgan fingerprint density at radius 3 is 3.00 bits per heavy atom. The Bertz CT molecular complexity index is 338. The first-order valence-corrected chi connectivity index (χ1v) is 4.07. The van der Waals surface area contributed by atoms with Crippen LogP contribution in [0.5, 0.6) is 0 Å². The minimum Gasteiger partial charge on any atom is -0.376 e. The number of benzene rings is 1. The van der Waals surface area contributed by atoms with E-state index in [-0.39, 0.29) is 12.8 Å². The molecule has 0 aliphatic carbocycles. The predicted octanol–water partition coefficient (Wildman–Crippen LogP) is 0.666. The predicted molar refractivity (Wildman–Crippen MR) is 48.2 cm³/mol. The highest BCUT2D eigenvalue weighted by Gasteiger charge is 2.21. The number of carbonyl (C=O) groups excluding carboxylic acids is 1. The first-order chi connectivity index (χ1) is 6.33. The van der Waals surface area contributed by atoms with Crippen molar-refractivity contribution in [2.45, 2.75) is 6.54 Å². The molecule has 0 bridgehead atoms. The Morgan fingerprint density at radius 2 is 2.23 bits per heavy atom. The van der Waals surface area contributed by atoms with Crippen LogP contribution in [0.15, 0.2) is 24.3 Å². The number of urea groups is 1. The van der Waals surface area contributed by atoms with Gasteiger partial charge in [0.15, 0.2) is 0 Å². The molecule has 1 aromatic carbocycles. The van der Waals surface area contributed by atoms with Crippen molar-refractivity contribution in [1.82, 2.24) is 5.32 Å². The zero-order chi connectivity index (χ0) is 9.26. The van der Waals surface area contributed by atoms with Gasteiger partial charge in [-0.3, -0.25) is 4.90 Å². The molecule has 1 heterocycles. The van der Waals surface area contributed by atoms with Crippen molar-refractivity contribution in [2.75, 3.05) is 11.6 Å². The SMILES string of the molecule is O=C1NCc2ccccc2N1CO. The molecule has 0 spiro atoms. The van der Waals surface area contributed by atoms with Gasteiger partial charge in [0, 0.05) is 6.54 Å². The van der Waals surface area contributed by atoms with Gasteiger partial charge in [0.25, 0.3) is 0 Å². The summed E-state index contributed by atoms with van der Waals surface area (Å²) in [4.78, 5) is 12.5. The van der Waals surface area contributed by atoms with Crippen LogP contribution in [-0.2, 0) is 6.54 Å². The number of carbonyl (C=O) groups is 1. The van der Waals surface area contributed by atoms with Crippen LogP contribution in [0.2, 0.25) is 0 Å². The van der Waals surface area contributed by atoms with E-state index in [1.165, 1.54) is 4.90 Å². The molecule has 0 fully saturated rings. The minimum atomic E-state index is -0.289. The van der Waals surface area contributed by atoms with Crippen LogP contribution in [0.1, 0.15) is 5.56 Å². The second-order valence-corrected chi connectivity index (χ2v) is 2.86. The van der Waals surface area contributed by atoms with Gasteiger partial charge in [0.2, 0.25) is 0 Å². The van der Waals surface area contributed by atoms with Crippen molar-refractivity contribution in [3.05, 3.63) is 29.8 Å². The average molecular weight is 178 g/mol. The molecule has 68 valence electrons. The fourth-order valence-electron chi connectivity index (χ4n) is 1.44.